The number of hydrogen-bond donors (Lipinski definition) is 0. The lowest BCUT2D eigenvalue weighted by Gasteiger charge is -2.01. The molecule has 0 aromatic carbocycles. The number of carbonyl (C=O) groups is 1. The third-order valence-corrected chi connectivity index (χ3v) is 0.796. The Kier molecular flexibility index (Phi) is 7.88. The summed E-state index contributed by atoms with van der Waals surface area (Å²) >= 11 is 0. The van der Waals surface area contributed by atoms with Gasteiger partial charge in [0.15, 0.2) is 6.79 Å². The summed E-state index contributed by atoms with van der Waals surface area (Å²) in [7, 11) is 0. The summed E-state index contributed by atoms with van der Waals surface area (Å²) in [6.07, 6.45) is 0. The molecule has 0 aliphatic rings. The first-order valence-electron chi connectivity index (χ1n) is 3.12. The van der Waals surface area contributed by atoms with E-state index in [1.54, 1.807) is 0 Å². The van der Waals surface area contributed by atoms with E-state index in [1.165, 1.54) is 0 Å². The zero-order chi connectivity index (χ0) is 7.66. The standard InChI is InChI=1S/C6H12O4/c1-2-8-3-4-9-6-10-5-7/h5H,2-4,6H2,1H3. The molecule has 0 aromatic heterocycles. The molecule has 0 aliphatic heterocycles. The van der Waals surface area contributed by atoms with Crippen LogP contribution in [-0.2, 0) is 19.0 Å². The molecule has 0 atom stereocenters. The highest BCUT2D eigenvalue weighted by Gasteiger charge is 1.85. The summed E-state index contributed by atoms with van der Waals surface area (Å²) in [5, 5.41) is 0. The van der Waals surface area contributed by atoms with Crippen molar-refractivity contribution in [2.24, 2.45) is 0 Å². The quantitative estimate of drug-likeness (QED) is 0.293. The monoisotopic (exact) mass is 148 g/mol. The van der Waals surface area contributed by atoms with Gasteiger partial charge >= 0.3 is 0 Å². The predicted molar refractivity (Wildman–Crippen MR) is 34.5 cm³/mol. The first-order chi connectivity index (χ1) is 4.91. The fourth-order valence-corrected chi connectivity index (χ4v) is 0.397. The van der Waals surface area contributed by atoms with Crippen LogP contribution in [0, 0.1) is 0 Å². The lowest BCUT2D eigenvalue weighted by atomic mass is 10.7. The minimum Gasteiger partial charge on any atom is -0.441 e. The summed E-state index contributed by atoms with van der Waals surface area (Å²) in [5.74, 6) is 0. The van der Waals surface area contributed by atoms with E-state index in [9.17, 15) is 4.79 Å². The molecule has 0 bridgehead atoms. The molecule has 0 heterocycles. The molecule has 0 rings (SSSR count). The lowest BCUT2D eigenvalue weighted by molar-refractivity contribution is -0.141. The van der Waals surface area contributed by atoms with Crippen LogP contribution in [-0.4, -0.2) is 33.1 Å². The van der Waals surface area contributed by atoms with Gasteiger partial charge in [-0.25, -0.2) is 0 Å². The largest absolute Gasteiger partial charge is 0.441 e. The normalized spacial score (nSPS) is 9.30. The van der Waals surface area contributed by atoms with E-state index in [-0.39, 0.29) is 6.79 Å². The molecular weight excluding hydrogens is 136 g/mol. The molecule has 0 unspecified atom stereocenters. The van der Waals surface area contributed by atoms with Gasteiger partial charge in [-0.05, 0) is 6.92 Å². The van der Waals surface area contributed by atoms with Crippen LogP contribution in [0.1, 0.15) is 6.92 Å². The van der Waals surface area contributed by atoms with E-state index in [2.05, 4.69) is 4.74 Å². The van der Waals surface area contributed by atoms with Crippen LogP contribution in [0.25, 0.3) is 0 Å². The lowest BCUT2D eigenvalue weighted by Crippen LogP contribution is -2.06. The van der Waals surface area contributed by atoms with Crippen molar-refractivity contribution >= 4 is 6.47 Å². The van der Waals surface area contributed by atoms with E-state index in [0.717, 1.165) is 0 Å². The Morgan fingerprint density at radius 1 is 1.30 bits per heavy atom. The molecule has 4 nitrogen and oxygen atoms in total. The predicted octanol–water partition coefficient (Wildman–Crippen LogP) is 0.170. The molecule has 10 heavy (non-hydrogen) atoms. The minimum absolute atomic E-state index is 0.0105. The smallest absolute Gasteiger partial charge is 0.295 e. The number of ether oxygens (including phenoxy) is 3. The zero-order valence-corrected chi connectivity index (χ0v) is 6.04. The number of rotatable bonds is 7. The second kappa shape index (κ2) is 8.39. The van der Waals surface area contributed by atoms with Gasteiger partial charge in [0.05, 0.1) is 13.2 Å². The highest BCUT2D eigenvalue weighted by atomic mass is 16.7. The van der Waals surface area contributed by atoms with Gasteiger partial charge in [0.1, 0.15) is 0 Å². The minimum atomic E-state index is 0.0105. The van der Waals surface area contributed by atoms with Crippen LogP contribution in [0.15, 0.2) is 0 Å². The Hall–Kier alpha value is -0.610. The van der Waals surface area contributed by atoms with Crippen LogP contribution < -0.4 is 0 Å². The number of hydrogen-bond acceptors (Lipinski definition) is 4. The van der Waals surface area contributed by atoms with Crippen LogP contribution >= 0.6 is 0 Å². The van der Waals surface area contributed by atoms with Gasteiger partial charge in [-0.2, -0.15) is 0 Å². The third-order valence-electron chi connectivity index (χ3n) is 0.796. The maximum atomic E-state index is 9.56. The van der Waals surface area contributed by atoms with E-state index in [4.69, 9.17) is 9.47 Å². The van der Waals surface area contributed by atoms with Crippen molar-refractivity contribution < 1.29 is 19.0 Å². The maximum absolute atomic E-state index is 9.56. The Labute approximate surface area is 60.1 Å². The maximum Gasteiger partial charge on any atom is 0.295 e. The topological polar surface area (TPSA) is 44.8 Å². The van der Waals surface area contributed by atoms with Crippen LogP contribution in [0.4, 0.5) is 0 Å². The van der Waals surface area contributed by atoms with Gasteiger partial charge in [0, 0.05) is 6.61 Å². The summed E-state index contributed by atoms with van der Waals surface area (Å²) in [6, 6.07) is 0. The highest BCUT2D eigenvalue weighted by molar-refractivity contribution is 5.36. The fourth-order valence-electron chi connectivity index (χ4n) is 0.397. The third kappa shape index (κ3) is 7.39. The summed E-state index contributed by atoms with van der Waals surface area (Å²) in [5.41, 5.74) is 0. The van der Waals surface area contributed by atoms with Gasteiger partial charge in [0.2, 0.25) is 0 Å². The molecule has 0 amide bonds. The molecule has 4 heteroatoms. The second-order valence-electron chi connectivity index (χ2n) is 1.49. The van der Waals surface area contributed by atoms with Gasteiger partial charge in [-0.3, -0.25) is 4.79 Å². The molecule has 0 saturated heterocycles. The molecule has 0 aliphatic carbocycles. The van der Waals surface area contributed by atoms with Gasteiger partial charge in [0.25, 0.3) is 6.47 Å². The molecule has 0 spiro atoms. The second-order valence-corrected chi connectivity index (χ2v) is 1.49. The average Bonchev–Trinajstić information content (AvgIpc) is 1.97. The van der Waals surface area contributed by atoms with E-state index >= 15 is 0 Å². The van der Waals surface area contributed by atoms with Crippen LogP contribution in [0.5, 0.6) is 0 Å². The van der Waals surface area contributed by atoms with E-state index in [1.807, 2.05) is 6.92 Å². The van der Waals surface area contributed by atoms with Crippen molar-refractivity contribution in [1.82, 2.24) is 0 Å². The molecule has 0 saturated carbocycles. The van der Waals surface area contributed by atoms with E-state index in [0.29, 0.717) is 26.3 Å². The van der Waals surface area contributed by atoms with Gasteiger partial charge < -0.3 is 14.2 Å². The summed E-state index contributed by atoms with van der Waals surface area (Å²) < 4.78 is 14.0. The molecular formula is C6H12O4. The van der Waals surface area contributed by atoms with Crippen LogP contribution in [0.3, 0.4) is 0 Å². The Morgan fingerprint density at radius 2 is 2.00 bits per heavy atom. The Bertz CT molecular complexity index is 74.1. The number of carbonyl (C=O) groups excluding carboxylic acids is 1. The Balaban J connectivity index is 2.70. The van der Waals surface area contributed by atoms with Crippen molar-refractivity contribution in [3.8, 4) is 0 Å². The van der Waals surface area contributed by atoms with Crippen LogP contribution in [0.2, 0.25) is 0 Å². The Morgan fingerprint density at radius 3 is 2.60 bits per heavy atom. The summed E-state index contributed by atoms with van der Waals surface area (Å²) in [4.78, 5) is 9.56. The molecule has 0 N–H and O–H groups in total. The van der Waals surface area contributed by atoms with Crippen molar-refractivity contribution in [1.29, 1.82) is 0 Å². The SMILES string of the molecule is CCOCCOCOC=O. The fraction of sp³-hybridized carbons (Fsp3) is 0.833. The molecule has 0 radical (unpaired) electrons. The molecule has 0 fully saturated rings. The van der Waals surface area contributed by atoms with E-state index < -0.39 is 0 Å². The van der Waals surface area contributed by atoms with Crippen molar-refractivity contribution in [3.05, 3.63) is 0 Å². The van der Waals surface area contributed by atoms with Crippen molar-refractivity contribution in [2.45, 2.75) is 6.92 Å². The van der Waals surface area contributed by atoms with Crippen molar-refractivity contribution in [2.75, 3.05) is 26.6 Å². The summed E-state index contributed by atoms with van der Waals surface area (Å²) in [6.45, 7) is 3.94. The molecule has 0 aromatic rings. The first-order valence-corrected chi connectivity index (χ1v) is 3.12. The molecule has 60 valence electrons. The van der Waals surface area contributed by atoms with Crippen molar-refractivity contribution in [3.63, 3.8) is 0 Å². The zero-order valence-electron chi connectivity index (χ0n) is 6.04. The van der Waals surface area contributed by atoms with Gasteiger partial charge in [-0.15, -0.1) is 0 Å². The van der Waals surface area contributed by atoms with Gasteiger partial charge in [-0.1, -0.05) is 0 Å². The highest BCUT2D eigenvalue weighted by Crippen LogP contribution is 1.77. The average molecular weight is 148 g/mol. The first kappa shape index (κ1) is 9.39.